The molecule has 0 aliphatic carbocycles. The number of hydrogen-bond acceptors (Lipinski definition) is 6. The zero-order chi connectivity index (χ0) is 31.4. The van der Waals surface area contributed by atoms with Gasteiger partial charge in [0.25, 0.3) is 0 Å². The van der Waals surface area contributed by atoms with Crippen molar-refractivity contribution in [2.24, 2.45) is 0 Å². The molecule has 4 aromatic rings. The zero-order valence-corrected chi connectivity index (χ0v) is 23.6. The topological polar surface area (TPSA) is 76.7 Å². The van der Waals surface area contributed by atoms with Gasteiger partial charge in [-0.3, -0.25) is 0 Å². The predicted octanol–water partition coefficient (Wildman–Crippen LogP) is 7.58. The fourth-order valence-corrected chi connectivity index (χ4v) is 5.42. The van der Waals surface area contributed by atoms with Crippen molar-refractivity contribution >= 4 is 9.84 Å². The van der Waals surface area contributed by atoms with Crippen LogP contribution in [0.2, 0.25) is 0 Å². The monoisotopic (exact) mass is 624 g/mol. The third-order valence-electron chi connectivity index (χ3n) is 6.19. The molecule has 228 valence electrons. The fourth-order valence-electron chi connectivity index (χ4n) is 4.16. The minimum absolute atomic E-state index is 0.0178. The highest BCUT2D eigenvalue weighted by molar-refractivity contribution is 7.91. The highest BCUT2D eigenvalue weighted by Crippen LogP contribution is 2.40. The first-order valence-corrected chi connectivity index (χ1v) is 14.2. The quantitative estimate of drug-likeness (QED) is 0.177. The Morgan fingerprint density at radius 2 is 0.930 bits per heavy atom. The van der Waals surface area contributed by atoms with Crippen LogP contribution in [-0.2, 0) is 35.3 Å². The molecule has 0 unspecified atom stereocenters. The van der Waals surface area contributed by atoms with Crippen LogP contribution < -0.4 is 20.1 Å². The average Bonchev–Trinajstić information content (AvgIpc) is 2.93. The number of sulfone groups is 1. The van der Waals surface area contributed by atoms with E-state index in [-0.39, 0.29) is 21.3 Å². The summed E-state index contributed by atoms with van der Waals surface area (Å²) >= 11 is 0. The van der Waals surface area contributed by atoms with Gasteiger partial charge in [-0.25, -0.2) is 8.42 Å². The third kappa shape index (κ3) is 7.66. The minimum Gasteiger partial charge on any atom is -0.457 e. The van der Waals surface area contributed by atoms with E-state index in [0.717, 1.165) is 12.1 Å². The van der Waals surface area contributed by atoms with E-state index in [0.29, 0.717) is 24.2 Å². The van der Waals surface area contributed by atoms with Crippen molar-refractivity contribution in [3.63, 3.8) is 0 Å². The molecule has 0 amide bonds. The highest BCUT2D eigenvalue weighted by Gasteiger charge is 2.35. The van der Waals surface area contributed by atoms with Crippen molar-refractivity contribution < 1.29 is 44.2 Å². The molecule has 0 spiro atoms. The van der Waals surface area contributed by atoms with Gasteiger partial charge in [-0.05, 0) is 98.0 Å². The van der Waals surface area contributed by atoms with E-state index >= 15 is 0 Å². The molecule has 0 fully saturated rings. The van der Waals surface area contributed by atoms with Gasteiger partial charge in [0.2, 0.25) is 9.84 Å². The molecule has 6 nitrogen and oxygen atoms in total. The number of halogens is 6. The molecule has 0 saturated carbocycles. The Labute approximate surface area is 244 Å². The smallest absolute Gasteiger partial charge is 0.419 e. The standard InChI is InChI=1S/C30H26F6N2O4S/c1-37-17-19-3-13-25(29(31,32)33)27(15-19)41-21-5-9-23(10-6-21)43(39,40)24-11-7-22(8-12-24)42-28-16-20(18-38-2)4-14-26(28)30(34,35)36/h3-16,37-38H,17-18H2,1-2H3. The van der Waals surface area contributed by atoms with Crippen LogP contribution in [0.15, 0.2) is 94.7 Å². The first-order valence-electron chi connectivity index (χ1n) is 12.7. The van der Waals surface area contributed by atoms with Crippen LogP contribution in [0.25, 0.3) is 0 Å². The van der Waals surface area contributed by atoms with Gasteiger partial charge in [0.15, 0.2) is 0 Å². The summed E-state index contributed by atoms with van der Waals surface area (Å²) in [6.07, 6.45) is -9.34. The van der Waals surface area contributed by atoms with Gasteiger partial charge in [0.1, 0.15) is 23.0 Å². The summed E-state index contributed by atoms with van der Waals surface area (Å²) in [7, 11) is -0.807. The molecule has 0 aromatic heterocycles. The molecule has 4 aromatic carbocycles. The molecular formula is C30H26F6N2O4S. The highest BCUT2D eigenvalue weighted by atomic mass is 32.2. The molecule has 0 heterocycles. The molecule has 0 bridgehead atoms. The minimum atomic E-state index is -4.67. The molecule has 43 heavy (non-hydrogen) atoms. The number of rotatable bonds is 10. The van der Waals surface area contributed by atoms with E-state index in [1.807, 2.05) is 0 Å². The Hall–Kier alpha value is -4.07. The maximum Gasteiger partial charge on any atom is 0.419 e. The molecular weight excluding hydrogens is 598 g/mol. The molecule has 0 aliphatic heterocycles. The summed E-state index contributed by atoms with van der Waals surface area (Å²) in [5, 5.41) is 5.69. The molecule has 13 heteroatoms. The lowest BCUT2D eigenvalue weighted by Gasteiger charge is -2.16. The molecule has 0 radical (unpaired) electrons. The fraction of sp³-hybridized carbons (Fsp3) is 0.200. The van der Waals surface area contributed by atoms with Crippen LogP contribution in [0, 0.1) is 0 Å². The Morgan fingerprint density at radius 1 is 0.581 bits per heavy atom. The summed E-state index contributed by atoms with van der Waals surface area (Å²) in [5.74, 6) is -0.903. The average molecular weight is 625 g/mol. The van der Waals surface area contributed by atoms with Crippen LogP contribution >= 0.6 is 0 Å². The van der Waals surface area contributed by atoms with Crippen molar-refractivity contribution in [2.45, 2.75) is 35.2 Å². The summed E-state index contributed by atoms with van der Waals surface area (Å²) in [6, 6.07) is 16.6. The van der Waals surface area contributed by atoms with Crippen LogP contribution in [0.4, 0.5) is 26.3 Å². The lowest BCUT2D eigenvalue weighted by atomic mass is 10.1. The van der Waals surface area contributed by atoms with Crippen molar-refractivity contribution in [1.82, 2.24) is 10.6 Å². The Bertz CT molecular complexity index is 1550. The van der Waals surface area contributed by atoms with Gasteiger partial charge < -0.3 is 20.1 Å². The second-order valence-corrected chi connectivity index (χ2v) is 11.3. The van der Waals surface area contributed by atoms with Crippen LogP contribution in [0.1, 0.15) is 22.3 Å². The molecule has 0 atom stereocenters. The summed E-state index contributed by atoms with van der Waals surface area (Å²) < 4.78 is 118. The van der Waals surface area contributed by atoms with E-state index in [9.17, 15) is 34.8 Å². The van der Waals surface area contributed by atoms with Gasteiger partial charge >= 0.3 is 12.4 Å². The second kappa shape index (κ2) is 12.7. The van der Waals surface area contributed by atoms with Crippen molar-refractivity contribution in [2.75, 3.05) is 14.1 Å². The third-order valence-corrected chi connectivity index (χ3v) is 7.97. The Balaban J connectivity index is 1.55. The van der Waals surface area contributed by atoms with E-state index in [2.05, 4.69) is 10.6 Å². The number of alkyl halides is 6. The van der Waals surface area contributed by atoms with E-state index in [1.54, 1.807) is 14.1 Å². The van der Waals surface area contributed by atoms with E-state index < -0.39 is 44.8 Å². The van der Waals surface area contributed by atoms with Gasteiger partial charge in [-0.1, -0.05) is 12.1 Å². The SMILES string of the molecule is CNCc1ccc(C(F)(F)F)c(Oc2ccc(S(=O)(=O)c3ccc(Oc4cc(CNC)ccc4C(F)(F)F)cc3)cc2)c1. The van der Waals surface area contributed by atoms with Crippen molar-refractivity contribution in [1.29, 1.82) is 0 Å². The van der Waals surface area contributed by atoms with Crippen molar-refractivity contribution in [3.8, 4) is 23.0 Å². The van der Waals surface area contributed by atoms with Crippen LogP contribution in [0.5, 0.6) is 23.0 Å². The Morgan fingerprint density at radius 3 is 1.23 bits per heavy atom. The molecule has 2 N–H and O–H groups in total. The maximum absolute atomic E-state index is 13.5. The number of hydrogen-bond donors (Lipinski definition) is 2. The molecule has 4 rings (SSSR count). The van der Waals surface area contributed by atoms with Crippen LogP contribution in [0.3, 0.4) is 0 Å². The van der Waals surface area contributed by atoms with Gasteiger partial charge in [-0.15, -0.1) is 0 Å². The van der Waals surface area contributed by atoms with Crippen LogP contribution in [-0.4, -0.2) is 22.5 Å². The first kappa shape index (κ1) is 31.9. The lowest BCUT2D eigenvalue weighted by Crippen LogP contribution is -2.10. The van der Waals surface area contributed by atoms with E-state index in [1.165, 1.54) is 72.8 Å². The summed E-state index contributed by atoms with van der Waals surface area (Å²) in [4.78, 5) is -0.347. The largest absolute Gasteiger partial charge is 0.457 e. The summed E-state index contributed by atoms with van der Waals surface area (Å²) in [5.41, 5.74) is -0.861. The lowest BCUT2D eigenvalue weighted by molar-refractivity contribution is -0.139. The number of ether oxygens (including phenoxy) is 2. The predicted molar refractivity (Wildman–Crippen MR) is 147 cm³/mol. The normalized spacial score (nSPS) is 12.3. The van der Waals surface area contributed by atoms with Gasteiger partial charge in [0.05, 0.1) is 20.9 Å². The van der Waals surface area contributed by atoms with Crippen molar-refractivity contribution in [3.05, 3.63) is 107 Å². The summed E-state index contributed by atoms with van der Waals surface area (Å²) in [6.45, 7) is 0.615. The number of benzene rings is 4. The van der Waals surface area contributed by atoms with Gasteiger partial charge in [-0.2, -0.15) is 26.3 Å². The zero-order valence-electron chi connectivity index (χ0n) is 22.8. The Kier molecular flexibility index (Phi) is 9.38. The van der Waals surface area contributed by atoms with E-state index in [4.69, 9.17) is 9.47 Å². The maximum atomic E-state index is 13.5. The first-order chi connectivity index (χ1) is 20.2. The molecule has 0 aliphatic rings. The van der Waals surface area contributed by atoms with Gasteiger partial charge in [0, 0.05) is 13.1 Å². The molecule has 0 saturated heterocycles. The number of nitrogens with one attached hydrogen (secondary N) is 2. The second-order valence-electron chi connectivity index (χ2n) is 9.37.